The van der Waals surface area contributed by atoms with Crippen LogP contribution < -0.4 is 10.1 Å². The van der Waals surface area contributed by atoms with E-state index in [2.05, 4.69) is 20.1 Å². The van der Waals surface area contributed by atoms with Gasteiger partial charge in [0.15, 0.2) is 11.4 Å². The van der Waals surface area contributed by atoms with Gasteiger partial charge in [0, 0.05) is 22.9 Å². The molecule has 1 amide bonds. The van der Waals surface area contributed by atoms with Gasteiger partial charge in [-0.2, -0.15) is 13.9 Å². The van der Waals surface area contributed by atoms with Crippen LogP contribution in [0.15, 0.2) is 65.7 Å². The molecule has 2 aromatic heterocycles. The van der Waals surface area contributed by atoms with Gasteiger partial charge in [0.1, 0.15) is 5.75 Å². The van der Waals surface area contributed by atoms with Crippen molar-refractivity contribution in [3.8, 4) is 5.75 Å². The minimum Gasteiger partial charge on any atom is -0.435 e. The van der Waals surface area contributed by atoms with Crippen LogP contribution in [-0.4, -0.2) is 38.8 Å². The Balaban J connectivity index is 1.44. The van der Waals surface area contributed by atoms with Gasteiger partial charge in [-0.25, -0.2) is 4.98 Å². The number of carbonyl (C=O) groups excluding carboxylic acids is 2. The molecule has 0 radical (unpaired) electrons. The Morgan fingerprint density at radius 2 is 1.88 bits per heavy atom. The van der Waals surface area contributed by atoms with E-state index in [9.17, 15) is 18.4 Å². The van der Waals surface area contributed by atoms with Crippen LogP contribution in [0.25, 0.3) is 11.0 Å². The second kappa shape index (κ2) is 10.0. The number of rotatable bonds is 8. The summed E-state index contributed by atoms with van der Waals surface area (Å²) in [6, 6.07) is 14.3. The van der Waals surface area contributed by atoms with Gasteiger partial charge >= 0.3 is 6.61 Å². The summed E-state index contributed by atoms with van der Waals surface area (Å²) in [5, 5.41) is 8.03. The van der Waals surface area contributed by atoms with Crippen LogP contribution in [0.1, 0.15) is 26.4 Å². The molecule has 0 unspecified atom stereocenters. The summed E-state index contributed by atoms with van der Waals surface area (Å²) in [7, 11) is 1.81. The SMILES string of the molecule is Cc1nn(C)c2ncc(NC(=O)c3ccccc3SCC(=O)c3ccc(OC(F)F)cc3)cc12. The molecule has 1 N–H and O–H groups in total. The molecule has 10 heteroatoms. The van der Waals surface area contributed by atoms with Crippen molar-refractivity contribution in [2.24, 2.45) is 7.05 Å². The number of fused-ring (bicyclic) bond motifs is 1. The molecular weight excluding hydrogens is 462 g/mol. The second-order valence-corrected chi connectivity index (χ2v) is 8.39. The Morgan fingerprint density at radius 3 is 2.62 bits per heavy atom. The highest BCUT2D eigenvalue weighted by atomic mass is 32.2. The first-order valence-electron chi connectivity index (χ1n) is 10.2. The third kappa shape index (κ3) is 5.23. The van der Waals surface area contributed by atoms with Gasteiger partial charge in [0.25, 0.3) is 5.91 Å². The first-order valence-corrected chi connectivity index (χ1v) is 11.2. The van der Waals surface area contributed by atoms with Crippen LogP contribution in [0.2, 0.25) is 0 Å². The molecule has 0 aliphatic heterocycles. The molecule has 34 heavy (non-hydrogen) atoms. The van der Waals surface area contributed by atoms with E-state index in [1.54, 1.807) is 42.2 Å². The van der Waals surface area contributed by atoms with Crippen molar-refractivity contribution in [3.63, 3.8) is 0 Å². The third-order valence-corrected chi connectivity index (χ3v) is 6.09. The minimum absolute atomic E-state index is 0.0182. The number of benzene rings is 2. The summed E-state index contributed by atoms with van der Waals surface area (Å²) in [5.41, 5.74) is 2.85. The molecule has 0 saturated heterocycles. The normalized spacial score (nSPS) is 11.1. The number of nitrogens with zero attached hydrogens (tertiary/aromatic N) is 3. The number of Topliss-reactive ketones (excluding diaryl/α,β-unsaturated/α-hetero) is 1. The molecule has 2 aromatic carbocycles. The van der Waals surface area contributed by atoms with E-state index in [1.807, 2.05) is 13.0 Å². The average Bonchev–Trinajstić information content (AvgIpc) is 3.10. The Morgan fingerprint density at radius 1 is 1.15 bits per heavy atom. The molecule has 0 aliphatic carbocycles. The molecule has 7 nitrogen and oxygen atoms in total. The van der Waals surface area contributed by atoms with Crippen LogP contribution in [0, 0.1) is 6.92 Å². The van der Waals surface area contributed by atoms with E-state index in [4.69, 9.17) is 0 Å². The number of carbonyl (C=O) groups is 2. The maximum absolute atomic E-state index is 13.0. The zero-order valence-electron chi connectivity index (χ0n) is 18.3. The van der Waals surface area contributed by atoms with Crippen molar-refractivity contribution in [1.29, 1.82) is 0 Å². The standard InChI is InChI=1S/C24H20F2N4O3S/c1-14-19-11-16(12-27-22(19)30(2)29-14)28-23(32)18-5-3-4-6-21(18)34-13-20(31)15-7-9-17(10-8-15)33-24(25)26/h3-12,24H,13H2,1-2H3,(H,28,32). The first-order chi connectivity index (χ1) is 16.3. The lowest BCUT2D eigenvalue weighted by Gasteiger charge is -2.10. The second-order valence-electron chi connectivity index (χ2n) is 7.37. The Kier molecular flexibility index (Phi) is 6.87. The number of halogens is 2. The average molecular weight is 483 g/mol. The fraction of sp³-hybridized carbons (Fsp3) is 0.167. The summed E-state index contributed by atoms with van der Waals surface area (Å²) in [6.07, 6.45) is 1.57. The number of amides is 1. The third-order valence-electron chi connectivity index (χ3n) is 5.01. The first kappa shape index (κ1) is 23.4. The molecular formula is C24H20F2N4O3S. The maximum Gasteiger partial charge on any atom is 0.387 e. The summed E-state index contributed by atoms with van der Waals surface area (Å²) >= 11 is 1.22. The Labute approximate surface area is 198 Å². The minimum atomic E-state index is -2.93. The smallest absolute Gasteiger partial charge is 0.387 e. The number of nitrogens with one attached hydrogen (secondary N) is 1. The fourth-order valence-corrected chi connectivity index (χ4v) is 4.35. The number of aromatic nitrogens is 3. The van der Waals surface area contributed by atoms with Gasteiger partial charge in [0.05, 0.1) is 28.9 Å². The number of aryl methyl sites for hydroxylation is 2. The van der Waals surface area contributed by atoms with Crippen molar-refractivity contribution < 1.29 is 23.1 Å². The van der Waals surface area contributed by atoms with Crippen molar-refractivity contribution in [2.45, 2.75) is 18.4 Å². The molecule has 0 bridgehead atoms. The number of ketones is 1. The Hall–Kier alpha value is -3.79. The lowest BCUT2D eigenvalue weighted by molar-refractivity contribution is -0.0498. The highest BCUT2D eigenvalue weighted by molar-refractivity contribution is 8.00. The zero-order valence-corrected chi connectivity index (χ0v) is 19.1. The van der Waals surface area contributed by atoms with E-state index >= 15 is 0 Å². The molecule has 0 aliphatic rings. The zero-order chi connectivity index (χ0) is 24.2. The number of thioether (sulfide) groups is 1. The fourth-order valence-electron chi connectivity index (χ4n) is 3.40. The van der Waals surface area contributed by atoms with Crippen molar-refractivity contribution in [1.82, 2.24) is 14.8 Å². The van der Waals surface area contributed by atoms with Crippen LogP contribution in [0.3, 0.4) is 0 Å². The maximum atomic E-state index is 13.0. The van der Waals surface area contributed by atoms with E-state index in [0.717, 1.165) is 16.7 Å². The van der Waals surface area contributed by atoms with Crippen LogP contribution in [0.5, 0.6) is 5.75 Å². The van der Waals surface area contributed by atoms with Crippen molar-refractivity contribution in [3.05, 3.63) is 77.6 Å². The predicted molar refractivity (Wildman–Crippen MR) is 126 cm³/mol. The van der Waals surface area contributed by atoms with Gasteiger partial charge < -0.3 is 10.1 Å². The molecule has 2 heterocycles. The lowest BCUT2D eigenvalue weighted by atomic mass is 10.1. The monoisotopic (exact) mass is 482 g/mol. The van der Waals surface area contributed by atoms with Gasteiger partial charge in [-0.05, 0) is 49.4 Å². The number of pyridine rings is 1. The lowest BCUT2D eigenvalue weighted by Crippen LogP contribution is -2.13. The van der Waals surface area contributed by atoms with Gasteiger partial charge in [-0.3, -0.25) is 14.3 Å². The van der Waals surface area contributed by atoms with E-state index in [1.165, 1.54) is 36.0 Å². The highest BCUT2D eigenvalue weighted by Crippen LogP contribution is 2.26. The molecule has 0 fully saturated rings. The van der Waals surface area contributed by atoms with Crippen molar-refractivity contribution in [2.75, 3.05) is 11.1 Å². The van der Waals surface area contributed by atoms with Gasteiger partial charge in [0.2, 0.25) is 0 Å². The largest absolute Gasteiger partial charge is 0.435 e. The van der Waals surface area contributed by atoms with E-state index in [0.29, 0.717) is 21.7 Å². The topological polar surface area (TPSA) is 86.1 Å². The number of hydrogen-bond donors (Lipinski definition) is 1. The molecule has 0 atom stereocenters. The van der Waals surface area contributed by atoms with Crippen molar-refractivity contribution >= 4 is 40.2 Å². The number of alkyl halides is 2. The molecule has 0 spiro atoms. The van der Waals surface area contributed by atoms with E-state index < -0.39 is 6.61 Å². The number of hydrogen-bond acceptors (Lipinski definition) is 6. The summed E-state index contributed by atoms with van der Waals surface area (Å²) < 4.78 is 30.5. The van der Waals surface area contributed by atoms with Gasteiger partial charge in [-0.1, -0.05) is 12.1 Å². The highest BCUT2D eigenvalue weighted by Gasteiger charge is 2.15. The quantitative estimate of drug-likeness (QED) is 0.278. The molecule has 4 rings (SSSR count). The van der Waals surface area contributed by atoms with Crippen LogP contribution in [-0.2, 0) is 7.05 Å². The number of ether oxygens (including phenoxy) is 1. The van der Waals surface area contributed by atoms with Crippen LogP contribution in [0.4, 0.5) is 14.5 Å². The van der Waals surface area contributed by atoms with E-state index in [-0.39, 0.29) is 23.2 Å². The number of anilines is 1. The summed E-state index contributed by atoms with van der Waals surface area (Å²) in [4.78, 5) is 30.5. The van der Waals surface area contributed by atoms with Gasteiger partial charge in [-0.15, -0.1) is 11.8 Å². The predicted octanol–water partition coefficient (Wildman–Crippen LogP) is 5.11. The Bertz CT molecular complexity index is 1360. The molecule has 4 aromatic rings. The summed E-state index contributed by atoms with van der Waals surface area (Å²) in [6.45, 7) is -1.05. The summed E-state index contributed by atoms with van der Waals surface area (Å²) in [5.74, 6) is -0.477. The van der Waals surface area contributed by atoms with Crippen LogP contribution >= 0.6 is 11.8 Å². The molecule has 0 saturated carbocycles. The molecule has 174 valence electrons.